The zero-order valence-corrected chi connectivity index (χ0v) is 23.1. The van der Waals surface area contributed by atoms with E-state index < -0.39 is 34.2 Å². The Hall–Kier alpha value is 0.588. The predicted molar refractivity (Wildman–Crippen MR) is 122 cm³/mol. The van der Waals surface area contributed by atoms with Crippen molar-refractivity contribution >= 4 is 34.2 Å². The minimum Gasteiger partial charge on any atom is -0.416 e. The monoisotopic (exact) mass is 456 g/mol. The minimum absolute atomic E-state index is 0.650. The maximum absolute atomic E-state index is 6.69. The molecule has 0 amide bonds. The van der Waals surface area contributed by atoms with E-state index in [4.69, 9.17) is 26.9 Å². The summed E-state index contributed by atoms with van der Waals surface area (Å²) in [5, 5.41) is 3.35. The van der Waals surface area contributed by atoms with Crippen LogP contribution >= 0.6 is 0 Å². The molecule has 0 aromatic rings. The highest BCUT2D eigenvalue weighted by Gasteiger charge is 2.46. The van der Waals surface area contributed by atoms with Crippen molar-refractivity contribution in [2.45, 2.75) is 72.1 Å². The predicted octanol–water partition coefficient (Wildman–Crippen LogP) is 3.23. The third-order valence-electron chi connectivity index (χ3n) is 3.70. The van der Waals surface area contributed by atoms with E-state index in [1.807, 2.05) is 13.8 Å². The van der Waals surface area contributed by atoms with Crippen molar-refractivity contribution in [1.29, 1.82) is 0 Å². The summed E-state index contributed by atoms with van der Waals surface area (Å²) in [4.78, 5) is 0. The van der Waals surface area contributed by atoms with Crippen LogP contribution in [0.25, 0.3) is 0 Å². The Bertz CT molecular complexity index is 416. The lowest BCUT2D eigenvalue weighted by atomic mass is 10.5. The molecule has 3 N–H and O–H groups in total. The van der Waals surface area contributed by atoms with Gasteiger partial charge < -0.3 is 32.2 Å². The van der Waals surface area contributed by atoms with Crippen LogP contribution in [0.2, 0.25) is 51.9 Å². The summed E-state index contributed by atoms with van der Waals surface area (Å²) >= 11 is 0. The summed E-state index contributed by atoms with van der Waals surface area (Å²) in [6, 6.07) is 0.893. The molecule has 7 nitrogen and oxygen atoms in total. The van der Waals surface area contributed by atoms with E-state index in [2.05, 4.69) is 51.1 Å². The largest absolute Gasteiger partial charge is 0.416 e. The first kappa shape index (κ1) is 27.6. The highest BCUT2D eigenvalue weighted by Crippen LogP contribution is 2.28. The second kappa shape index (κ2) is 12.3. The van der Waals surface area contributed by atoms with E-state index in [-0.39, 0.29) is 0 Å². The van der Waals surface area contributed by atoms with Gasteiger partial charge in [0.1, 0.15) is 0 Å². The molecular weight excluding hydrogens is 413 g/mol. The molecule has 0 aliphatic heterocycles. The molecule has 27 heavy (non-hydrogen) atoms. The molecule has 0 fully saturated rings. The molecule has 0 heterocycles. The first-order valence-corrected chi connectivity index (χ1v) is 21.1. The van der Waals surface area contributed by atoms with Crippen molar-refractivity contribution in [1.82, 2.24) is 5.32 Å². The normalized spacial score (nSPS) is 15.8. The van der Waals surface area contributed by atoms with Gasteiger partial charge in [-0.05, 0) is 78.7 Å². The smallest absolute Gasteiger partial charge is 0.322 e. The van der Waals surface area contributed by atoms with Gasteiger partial charge in [0.25, 0.3) is 0 Å². The van der Waals surface area contributed by atoms with Crippen LogP contribution in [-0.2, 0) is 21.2 Å². The van der Waals surface area contributed by atoms with Crippen LogP contribution in [0.15, 0.2) is 0 Å². The van der Waals surface area contributed by atoms with Gasteiger partial charge in [0, 0.05) is 26.3 Å². The molecule has 0 saturated heterocycles. The van der Waals surface area contributed by atoms with E-state index in [0.29, 0.717) is 19.8 Å². The maximum atomic E-state index is 6.69. The fourth-order valence-corrected chi connectivity index (χ4v) is 20.9. The van der Waals surface area contributed by atoms with Gasteiger partial charge in [-0.25, -0.2) is 0 Å². The third-order valence-corrected chi connectivity index (χ3v) is 18.3. The molecule has 0 radical (unpaired) electrons. The van der Waals surface area contributed by atoms with Crippen LogP contribution in [0.4, 0.5) is 0 Å². The Labute approximate surface area is 171 Å². The van der Waals surface area contributed by atoms with Crippen LogP contribution in [-0.4, -0.2) is 67.1 Å². The molecule has 1 unspecified atom stereocenters. The lowest BCUT2D eigenvalue weighted by Crippen LogP contribution is -2.58. The minimum atomic E-state index is -2.47. The van der Waals surface area contributed by atoms with Crippen LogP contribution < -0.4 is 11.1 Å². The zero-order chi connectivity index (χ0) is 21.2. The molecule has 0 rings (SSSR count). The maximum Gasteiger partial charge on any atom is 0.322 e. The Morgan fingerprint density at radius 2 is 1.19 bits per heavy atom. The van der Waals surface area contributed by atoms with E-state index in [0.717, 1.165) is 25.6 Å². The van der Waals surface area contributed by atoms with Crippen molar-refractivity contribution in [3.63, 3.8) is 0 Å². The fraction of sp³-hybridized carbons (Fsp3) is 1.00. The van der Waals surface area contributed by atoms with Gasteiger partial charge in [0.05, 0.1) is 0 Å². The molecule has 0 saturated carbocycles. The van der Waals surface area contributed by atoms with Crippen molar-refractivity contribution < 1.29 is 21.2 Å². The molecule has 0 spiro atoms. The SMILES string of the molecule is CCO[Si](C)(C)O[Si](C)(C)O[Si](C)(CCCNCCN)O[Si](C)(C)OCC. The van der Waals surface area contributed by atoms with Crippen molar-refractivity contribution in [3.8, 4) is 0 Å². The summed E-state index contributed by atoms with van der Waals surface area (Å²) < 4.78 is 31.5. The van der Waals surface area contributed by atoms with Crippen molar-refractivity contribution in [2.24, 2.45) is 5.73 Å². The van der Waals surface area contributed by atoms with Gasteiger partial charge in [0.2, 0.25) is 0 Å². The molecular formula is C16H44N2O5Si4. The Kier molecular flexibility index (Phi) is 12.6. The lowest BCUT2D eigenvalue weighted by Gasteiger charge is -2.41. The third kappa shape index (κ3) is 13.4. The molecule has 0 bridgehead atoms. The number of hydrogen-bond donors (Lipinski definition) is 2. The average molecular weight is 457 g/mol. The Morgan fingerprint density at radius 3 is 1.67 bits per heavy atom. The van der Waals surface area contributed by atoms with E-state index in [1.54, 1.807) is 0 Å². The summed E-state index contributed by atoms with van der Waals surface area (Å²) in [6.07, 6.45) is 0.982. The van der Waals surface area contributed by atoms with Crippen LogP contribution in [0.1, 0.15) is 20.3 Å². The second-order valence-electron chi connectivity index (χ2n) is 8.15. The highest BCUT2D eigenvalue weighted by molar-refractivity contribution is 6.87. The van der Waals surface area contributed by atoms with Gasteiger partial charge in [-0.3, -0.25) is 0 Å². The van der Waals surface area contributed by atoms with Gasteiger partial charge in [-0.1, -0.05) is 0 Å². The molecule has 0 aromatic carbocycles. The quantitative estimate of drug-likeness (QED) is 0.272. The summed E-state index contributed by atoms with van der Waals surface area (Å²) in [5.74, 6) is 0. The van der Waals surface area contributed by atoms with Crippen LogP contribution in [0, 0.1) is 0 Å². The lowest BCUT2D eigenvalue weighted by molar-refractivity contribution is 0.216. The Balaban J connectivity index is 5.14. The second-order valence-corrected chi connectivity index (χ2v) is 22.3. The van der Waals surface area contributed by atoms with E-state index in [1.165, 1.54) is 0 Å². The summed E-state index contributed by atoms with van der Waals surface area (Å²) in [7, 11) is -9.33. The molecule has 0 aliphatic rings. The van der Waals surface area contributed by atoms with E-state index >= 15 is 0 Å². The number of nitrogens with two attached hydrogens (primary N) is 1. The fourth-order valence-electron chi connectivity index (χ4n) is 3.29. The molecule has 0 aliphatic carbocycles. The summed E-state index contributed by atoms with van der Waals surface area (Å²) in [6.45, 7) is 22.4. The molecule has 11 heteroatoms. The van der Waals surface area contributed by atoms with Gasteiger partial charge >= 0.3 is 34.2 Å². The Morgan fingerprint density at radius 1 is 0.704 bits per heavy atom. The van der Waals surface area contributed by atoms with Crippen LogP contribution in [0.3, 0.4) is 0 Å². The molecule has 164 valence electrons. The van der Waals surface area contributed by atoms with Gasteiger partial charge in [0.15, 0.2) is 0 Å². The van der Waals surface area contributed by atoms with Gasteiger partial charge in [-0.15, -0.1) is 0 Å². The first-order chi connectivity index (χ1) is 12.3. The summed E-state index contributed by atoms with van der Waals surface area (Å²) in [5.41, 5.74) is 5.55. The average Bonchev–Trinajstić information content (AvgIpc) is 2.43. The number of rotatable bonds is 16. The van der Waals surface area contributed by atoms with Crippen LogP contribution in [0.5, 0.6) is 0 Å². The molecule has 1 atom stereocenters. The van der Waals surface area contributed by atoms with Crippen molar-refractivity contribution in [3.05, 3.63) is 0 Å². The topological polar surface area (TPSA) is 84.2 Å². The first-order valence-electron chi connectivity index (χ1n) is 10.1. The van der Waals surface area contributed by atoms with Gasteiger partial charge in [-0.2, -0.15) is 0 Å². The molecule has 0 aromatic heterocycles. The van der Waals surface area contributed by atoms with Crippen molar-refractivity contribution in [2.75, 3.05) is 32.8 Å². The zero-order valence-electron chi connectivity index (χ0n) is 19.1. The standard InChI is InChI=1S/C16H44N2O5Si4/c1-10-19-24(3,4)21-26(7,8)23-27(9,16-12-14-18-15-13-17)22-25(5,6)20-11-2/h18H,10-17H2,1-9H3. The highest BCUT2D eigenvalue weighted by atomic mass is 28.5. The number of hydrogen-bond acceptors (Lipinski definition) is 7. The number of nitrogens with one attached hydrogen (secondary N) is 1. The van der Waals surface area contributed by atoms with E-state index in [9.17, 15) is 0 Å².